The third-order valence-electron chi connectivity index (χ3n) is 4.17. The summed E-state index contributed by atoms with van der Waals surface area (Å²) in [6.07, 6.45) is 1.04. The van der Waals surface area contributed by atoms with E-state index in [0.717, 1.165) is 22.0 Å². The molecule has 1 heterocycles. The molecule has 1 amide bonds. The molecule has 5 heteroatoms. The monoisotopic (exact) mass is 354 g/mol. The molecule has 1 aromatic heterocycles. The highest BCUT2D eigenvalue weighted by Gasteiger charge is 2.06. The van der Waals surface area contributed by atoms with E-state index in [2.05, 4.69) is 10.3 Å². The van der Waals surface area contributed by atoms with E-state index in [4.69, 9.17) is 11.6 Å². The van der Waals surface area contributed by atoms with E-state index in [1.54, 1.807) is 6.92 Å². The van der Waals surface area contributed by atoms with Gasteiger partial charge in [-0.05, 0) is 54.1 Å². The highest BCUT2D eigenvalue weighted by Crippen LogP contribution is 2.16. The molecule has 0 bridgehead atoms. The van der Waals surface area contributed by atoms with Crippen LogP contribution in [0.25, 0.3) is 10.9 Å². The van der Waals surface area contributed by atoms with Gasteiger partial charge in [-0.3, -0.25) is 9.59 Å². The highest BCUT2D eigenvalue weighted by molar-refractivity contribution is 6.31. The van der Waals surface area contributed by atoms with E-state index >= 15 is 0 Å². The number of hydrogen-bond donors (Lipinski definition) is 2. The zero-order valence-electron chi connectivity index (χ0n) is 13.9. The quantitative estimate of drug-likeness (QED) is 0.733. The van der Waals surface area contributed by atoms with Crippen molar-refractivity contribution in [3.05, 3.63) is 80.6 Å². The molecule has 0 aliphatic heterocycles. The lowest BCUT2D eigenvalue weighted by Gasteiger charge is -2.08. The molecule has 4 nitrogen and oxygen atoms in total. The van der Waals surface area contributed by atoms with E-state index in [0.29, 0.717) is 30.0 Å². The molecular formula is C20H19ClN2O2. The van der Waals surface area contributed by atoms with Gasteiger partial charge in [-0.2, -0.15) is 0 Å². The van der Waals surface area contributed by atoms with Gasteiger partial charge in [-0.15, -0.1) is 0 Å². The topological polar surface area (TPSA) is 62.0 Å². The molecule has 0 atom stereocenters. The normalized spacial score (nSPS) is 10.8. The Hall–Kier alpha value is -2.59. The third-order valence-corrected chi connectivity index (χ3v) is 4.54. The minimum Gasteiger partial charge on any atom is -0.352 e. The maximum absolute atomic E-state index is 12.1. The molecule has 25 heavy (non-hydrogen) atoms. The maximum Gasteiger partial charge on any atom is 0.251 e. The highest BCUT2D eigenvalue weighted by atomic mass is 35.5. The number of carbonyl (C=O) groups is 1. The third kappa shape index (κ3) is 4.28. The summed E-state index contributed by atoms with van der Waals surface area (Å²) in [6, 6.07) is 15.2. The minimum atomic E-state index is -0.0702. The first kappa shape index (κ1) is 17.2. The molecule has 2 aromatic carbocycles. The van der Waals surface area contributed by atoms with Crippen molar-refractivity contribution in [2.75, 3.05) is 0 Å². The zero-order valence-corrected chi connectivity index (χ0v) is 14.7. The number of aromatic amines is 1. The molecule has 0 saturated carbocycles. The van der Waals surface area contributed by atoms with Gasteiger partial charge >= 0.3 is 0 Å². The summed E-state index contributed by atoms with van der Waals surface area (Å²) in [4.78, 5) is 26.5. The number of aryl methyl sites for hydroxylation is 2. The summed E-state index contributed by atoms with van der Waals surface area (Å²) in [5, 5.41) is 4.53. The fourth-order valence-electron chi connectivity index (χ4n) is 2.70. The standard InChI is InChI=1S/C20H19ClN2O2/c1-13-10-16-11-14(6-8-18(16)23-20(13)25)7-9-19(24)22-12-15-4-2-3-5-17(15)21/h2-6,8,10-11H,7,9,12H2,1H3,(H,22,24)(H,23,25). The number of carbonyl (C=O) groups excluding carboxylic acids is 1. The number of halogens is 1. The van der Waals surface area contributed by atoms with Crippen LogP contribution in [0.1, 0.15) is 23.1 Å². The summed E-state index contributed by atoms with van der Waals surface area (Å²) >= 11 is 6.08. The molecule has 0 aliphatic carbocycles. The largest absolute Gasteiger partial charge is 0.352 e. The lowest BCUT2D eigenvalue weighted by molar-refractivity contribution is -0.121. The minimum absolute atomic E-state index is 0.0161. The van der Waals surface area contributed by atoms with Gasteiger partial charge < -0.3 is 10.3 Å². The van der Waals surface area contributed by atoms with Gasteiger partial charge in [-0.1, -0.05) is 35.9 Å². The second-order valence-electron chi connectivity index (χ2n) is 6.07. The van der Waals surface area contributed by atoms with Crippen molar-refractivity contribution in [1.82, 2.24) is 10.3 Å². The van der Waals surface area contributed by atoms with Gasteiger partial charge in [0, 0.05) is 29.1 Å². The Balaban J connectivity index is 1.60. The fraction of sp³-hybridized carbons (Fsp3) is 0.200. The van der Waals surface area contributed by atoms with Crippen molar-refractivity contribution < 1.29 is 4.79 Å². The molecule has 0 saturated heterocycles. The van der Waals surface area contributed by atoms with Gasteiger partial charge in [0.15, 0.2) is 0 Å². The number of hydrogen-bond acceptors (Lipinski definition) is 2. The van der Waals surface area contributed by atoms with Crippen LogP contribution in [0.4, 0.5) is 0 Å². The van der Waals surface area contributed by atoms with Crippen LogP contribution in [0.5, 0.6) is 0 Å². The Morgan fingerprint density at radius 2 is 1.96 bits per heavy atom. The molecule has 0 fully saturated rings. The summed E-state index contributed by atoms with van der Waals surface area (Å²) in [6.45, 7) is 2.21. The van der Waals surface area contributed by atoms with Gasteiger partial charge in [0.2, 0.25) is 5.91 Å². The Bertz CT molecular complexity index is 979. The van der Waals surface area contributed by atoms with Crippen molar-refractivity contribution in [3.8, 4) is 0 Å². The average Bonchev–Trinajstić information content (AvgIpc) is 2.60. The molecular weight excluding hydrogens is 336 g/mol. The van der Waals surface area contributed by atoms with E-state index in [-0.39, 0.29) is 11.5 Å². The van der Waals surface area contributed by atoms with Gasteiger partial charge in [0.1, 0.15) is 0 Å². The van der Waals surface area contributed by atoms with E-state index in [9.17, 15) is 9.59 Å². The maximum atomic E-state index is 12.1. The Morgan fingerprint density at radius 1 is 1.16 bits per heavy atom. The van der Waals surface area contributed by atoms with E-state index in [1.165, 1.54) is 0 Å². The predicted octanol–water partition coefficient (Wildman–Crippen LogP) is 3.74. The summed E-state index contributed by atoms with van der Waals surface area (Å²) in [5.41, 5.74) is 3.39. The van der Waals surface area contributed by atoms with Crippen molar-refractivity contribution in [2.24, 2.45) is 0 Å². The average molecular weight is 355 g/mol. The Kier molecular flexibility index (Phi) is 5.19. The SMILES string of the molecule is Cc1cc2cc(CCC(=O)NCc3ccccc3Cl)ccc2[nH]c1=O. The van der Waals surface area contributed by atoms with Crippen molar-refractivity contribution in [2.45, 2.75) is 26.3 Å². The van der Waals surface area contributed by atoms with Gasteiger partial charge in [-0.25, -0.2) is 0 Å². The molecule has 128 valence electrons. The first-order valence-electron chi connectivity index (χ1n) is 8.15. The number of H-pyrrole nitrogens is 1. The lowest BCUT2D eigenvalue weighted by atomic mass is 10.1. The lowest BCUT2D eigenvalue weighted by Crippen LogP contribution is -2.23. The van der Waals surface area contributed by atoms with Gasteiger partial charge in [0.05, 0.1) is 0 Å². The molecule has 3 rings (SSSR count). The van der Waals surface area contributed by atoms with Crippen LogP contribution < -0.4 is 10.9 Å². The number of pyridine rings is 1. The number of amides is 1. The van der Waals surface area contributed by atoms with Crippen LogP contribution in [-0.4, -0.2) is 10.9 Å². The molecule has 3 aromatic rings. The van der Waals surface area contributed by atoms with Crippen LogP contribution in [-0.2, 0) is 17.8 Å². The number of benzene rings is 2. The predicted molar refractivity (Wildman–Crippen MR) is 101 cm³/mol. The van der Waals surface area contributed by atoms with E-state index in [1.807, 2.05) is 48.5 Å². The van der Waals surface area contributed by atoms with Crippen LogP contribution in [0.3, 0.4) is 0 Å². The van der Waals surface area contributed by atoms with Crippen molar-refractivity contribution in [1.29, 1.82) is 0 Å². The number of aromatic nitrogens is 1. The van der Waals surface area contributed by atoms with Crippen molar-refractivity contribution >= 4 is 28.4 Å². The molecule has 0 aliphatic rings. The van der Waals surface area contributed by atoms with Crippen LogP contribution in [0.15, 0.2) is 53.3 Å². The Morgan fingerprint density at radius 3 is 2.76 bits per heavy atom. The Labute approximate surface area is 150 Å². The molecule has 0 spiro atoms. The van der Waals surface area contributed by atoms with Crippen LogP contribution >= 0.6 is 11.6 Å². The summed E-state index contributed by atoms with van der Waals surface area (Å²) in [7, 11) is 0. The second-order valence-corrected chi connectivity index (χ2v) is 6.48. The molecule has 0 radical (unpaired) electrons. The summed E-state index contributed by atoms with van der Waals surface area (Å²) < 4.78 is 0. The summed E-state index contributed by atoms with van der Waals surface area (Å²) in [5.74, 6) is -0.0161. The zero-order chi connectivity index (χ0) is 17.8. The molecule has 0 unspecified atom stereocenters. The molecule has 2 N–H and O–H groups in total. The first-order valence-corrected chi connectivity index (χ1v) is 8.53. The number of nitrogens with one attached hydrogen (secondary N) is 2. The number of rotatable bonds is 5. The van der Waals surface area contributed by atoms with Crippen LogP contribution in [0.2, 0.25) is 5.02 Å². The van der Waals surface area contributed by atoms with Crippen LogP contribution in [0, 0.1) is 6.92 Å². The van der Waals surface area contributed by atoms with E-state index < -0.39 is 0 Å². The number of fused-ring (bicyclic) bond motifs is 1. The smallest absolute Gasteiger partial charge is 0.251 e. The fourth-order valence-corrected chi connectivity index (χ4v) is 2.91. The van der Waals surface area contributed by atoms with Crippen molar-refractivity contribution in [3.63, 3.8) is 0 Å². The first-order chi connectivity index (χ1) is 12.0. The second kappa shape index (κ2) is 7.53. The van der Waals surface area contributed by atoms with Gasteiger partial charge in [0.25, 0.3) is 5.56 Å².